The van der Waals surface area contributed by atoms with Crippen LogP contribution in [0, 0.1) is 11.3 Å². The van der Waals surface area contributed by atoms with Gasteiger partial charge in [-0.15, -0.1) is 0 Å². The fraction of sp³-hybridized carbons (Fsp3) is 0.895. The molecule has 0 unspecified atom stereocenters. The Morgan fingerprint density at radius 3 is 2.58 bits per heavy atom. The van der Waals surface area contributed by atoms with E-state index in [0.29, 0.717) is 24.7 Å². The molecule has 3 fully saturated rings. The zero-order chi connectivity index (χ0) is 17.2. The van der Waals surface area contributed by atoms with Gasteiger partial charge in [0.25, 0.3) is 0 Å². The van der Waals surface area contributed by atoms with Crippen LogP contribution in [0.5, 0.6) is 0 Å². The van der Waals surface area contributed by atoms with Gasteiger partial charge in [0.15, 0.2) is 0 Å². The lowest BCUT2D eigenvalue weighted by molar-refractivity contribution is -0.141. The van der Waals surface area contributed by atoms with Crippen LogP contribution in [0.4, 0.5) is 0 Å². The Bertz CT molecular complexity index is 471. The van der Waals surface area contributed by atoms with E-state index < -0.39 is 0 Å². The number of carbonyl (C=O) groups excluding carboxylic acids is 2. The molecule has 0 N–H and O–H groups in total. The van der Waals surface area contributed by atoms with Crippen molar-refractivity contribution in [2.24, 2.45) is 11.3 Å². The van der Waals surface area contributed by atoms with Crippen LogP contribution < -0.4 is 0 Å². The number of carbonyl (C=O) groups is 2. The highest BCUT2D eigenvalue weighted by molar-refractivity contribution is 5.77. The molecular formula is C19H33N3O2. The largest absolute Gasteiger partial charge is 0.345 e. The van der Waals surface area contributed by atoms with Crippen LogP contribution in [0.3, 0.4) is 0 Å². The highest BCUT2D eigenvalue weighted by Crippen LogP contribution is 2.40. The molecule has 136 valence electrons. The lowest BCUT2D eigenvalue weighted by Gasteiger charge is -2.46. The Morgan fingerprint density at radius 1 is 1.17 bits per heavy atom. The summed E-state index contributed by atoms with van der Waals surface area (Å²) < 4.78 is 0. The fourth-order valence-corrected chi connectivity index (χ4v) is 4.87. The molecule has 1 spiro atoms. The number of nitrogens with zero attached hydrogens (tertiary/aromatic N) is 3. The molecule has 3 heterocycles. The number of amides is 2. The molecule has 2 amide bonds. The lowest BCUT2D eigenvalue weighted by atomic mass is 9.72. The van der Waals surface area contributed by atoms with E-state index in [4.69, 9.17) is 0 Å². The van der Waals surface area contributed by atoms with Gasteiger partial charge in [0.1, 0.15) is 0 Å². The van der Waals surface area contributed by atoms with Crippen molar-refractivity contribution >= 4 is 11.8 Å². The van der Waals surface area contributed by atoms with Crippen molar-refractivity contribution in [1.82, 2.24) is 14.7 Å². The molecule has 5 nitrogen and oxygen atoms in total. The van der Waals surface area contributed by atoms with E-state index in [1.165, 1.54) is 19.4 Å². The first-order valence-corrected chi connectivity index (χ1v) is 9.68. The molecule has 3 rings (SSSR count). The third kappa shape index (κ3) is 4.11. The summed E-state index contributed by atoms with van der Waals surface area (Å²) in [5, 5.41) is 0. The summed E-state index contributed by atoms with van der Waals surface area (Å²) in [7, 11) is 4.10. The molecule has 5 heteroatoms. The average molecular weight is 335 g/mol. The van der Waals surface area contributed by atoms with Gasteiger partial charge in [-0.2, -0.15) is 0 Å². The van der Waals surface area contributed by atoms with E-state index in [2.05, 4.69) is 16.8 Å². The second-order valence-electron chi connectivity index (χ2n) is 8.44. The average Bonchev–Trinajstić information content (AvgIpc) is 2.57. The van der Waals surface area contributed by atoms with E-state index in [-0.39, 0.29) is 11.3 Å². The first-order valence-electron chi connectivity index (χ1n) is 9.68. The second-order valence-corrected chi connectivity index (χ2v) is 8.44. The predicted molar refractivity (Wildman–Crippen MR) is 94.6 cm³/mol. The maximum atomic E-state index is 12.6. The molecule has 0 aromatic carbocycles. The van der Waals surface area contributed by atoms with E-state index in [1.54, 1.807) is 0 Å². The van der Waals surface area contributed by atoms with Gasteiger partial charge < -0.3 is 14.7 Å². The van der Waals surface area contributed by atoms with E-state index in [0.717, 1.165) is 51.9 Å². The SMILES string of the molecule is CN1CCC[C@H](CCC(=O)N2CCC3(CCC(=O)N(C)C3)CC2)C1. The summed E-state index contributed by atoms with van der Waals surface area (Å²) in [5.41, 5.74) is 0.269. The fourth-order valence-electron chi connectivity index (χ4n) is 4.87. The third-order valence-electron chi connectivity index (χ3n) is 6.53. The van der Waals surface area contributed by atoms with Crippen molar-refractivity contribution in [1.29, 1.82) is 0 Å². The molecule has 0 radical (unpaired) electrons. The number of piperidine rings is 3. The van der Waals surface area contributed by atoms with Crippen LogP contribution in [-0.4, -0.2) is 73.3 Å². The number of likely N-dealkylation sites (tertiary alicyclic amines) is 3. The van der Waals surface area contributed by atoms with Crippen molar-refractivity contribution < 1.29 is 9.59 Å². The van der Waals surface area contributed by atoms with Crippen LogP contribution in [0.2, 0.25) is 0 Å². The van der Waals surface area contributed by atoms with Crippen molar-refractivity contribution in [3.05, 3.63) is 0 Å². The van der Waals surface area contributed by atoms with E-state index in [1.807, 2.05) is 11.9 Å². The summed E-state index contributed by atoms with van der Waals surface area (Å²) in [6.07, 6.45) is 8.11. The molecule has 3 saturated heterocycles. The maximum Gasteiger partial charge on any atom is 0.222 e. The van der Waals surface area contributed by atoms with E-state index >= 15 is 0 Å². The molecule has 24 heavy (non-hydrogen) atoms. The summed E-state index contributed by atoms with van der Waals surface area (Å²) in [6.45, 7) is 4.99. The highest BCUT2D eigenvalue weighted by atomic mass is 16.2. The monoisotopic (exact) mass is 335 g/mol. The molecule has 3 aliphatic rings. The second kappa shape index (κ2) is 7.42. The number of hydrogen-bond acceptors (Lipinski definition) is 3. The summed E-state index contributed by atoms with van der Waals surface area (Å²) in [4.78, 5) is 30.6. The molecule has 0 aromatic heterocycles. The molecule has 1 atom stereocenters. The molecule has 0 saturated carbocycles. The molecule has 0 aromatic rings. The van der Waals surface area contributed by atoms with Gasteiger partial charge in [-0.3, -0.25) is 9.59 Å². The van der Waals surface area contributed by atoms with Crippen LogP contribution in [0.1, 0.15) is 51.4 Å². The van der Waals surface area contributed by atoms with Crippen molar-refractivity contribution in [3.8, 4) is 0 Å². The van der Waals surface area contributed by atoms with Crippen molar-refractivity contribution in [2.75, 3.05) is 46.8 Å². The quantitative estimate of drug-likeness (QED) is 0.792. The molecule has 0 aliphatic carbocycles. The Balaban J connectivity index is 1.43. The van der Waals surface area contributed by atoms with Gasteiger partial charge in [-0.25, -0.2) is 0 Å². The van der Waals surface area contributed by atoms with Gasteiger partial charge in [-0.1, -0.05) is 0 Å². The molecule has 0 bridgehead atoms. The first kappa shape index (κ1) is 17.7. The Hall–Kier alpha value is -1.10. The van der Waals surface area contributed by atoms with Crippen molar-refractivity contribution in [2.45, 2.75) is 51.4 Å². The van der Waals surface area contributed by atoms with Crippen molar-refractivity contribution in [3.63, 3.8) is 0 Å². The van der Waals surface area contributed by atoms with Gasteiger partial charge in [0.2, 0.25) is 11.8 Å². The lowest BCUT2D eigenvalue weighted by Crippen LogP contribution is -2.51. The number of rotatable bonds is 3. The Kier molecular flexibility index (Phi) is 5.48. The normalized spacial score (nSPS) is 28.4. The van der Waals surface area contributed by atoms with E-state index in [9.17, 15) is 9.59 Å². The summed E-state index contributed by atoms with van der Waals surface area (Å²) in [6, 6.07) is 0. The van der Waals surface area contributed by atoms with Gasteiger partial charge in [-0.05, 0) is 63.5 Å². The molecule has 3 aliphatic heterocycles. The van der Waals surface area contributed by atoms with Gasteiger partial charge in [0, 0.05) is 46.1 Å². The minimum Gasteiger partial charge on any atom is -0.345 e. The van der Waals surface area contributed by atoms with Gasteiger partial charge >= 0.3 is 0 Å². The summed E-state index contributed by atoms with van der Waals surface area (Å²) >= 11 is 0. The summed E-state index contributed by atoms with van der Waals surface area (Å²) in [5.74, 6) is 1.32. The van der Waals surface area contributed by atoms with Crippen LogP contribution >= 0.6 is 0 Å². The Morgan fingerprint density at radius 2 is 1.92 bits per heavy atom. The topological polar surface area (TPSA) is 43.9 Å². The predicted octanol–water partition coefficient (Wildman–Crippen LogP) is 1.97. The van der Waals surface area contributed by atoms with Crippen LogP contribution in [-0.2, 0) is 9.59 Å². The number of hydrogen-bond donors (Lipinski definition) is 0. The standard InChI is InChI=1S/C19H33N3O2/c1-20-11-3-4-16(14-20)5-6-18(24)22-12-9-19(10-13-22)8-7-17(23)21(2)15-19/h16H,3-15H2,1-2H3/t16-/m1/s1. The zero-order valence-corrected chi connectivity index (χ0v) is 15.4. The Labute approximate surface area is 146 Å². The minimum atomic E-state index is 0.269. The highest BCUT2D eigenvalue weighted by Gasteiger charge is 2.40. The van der Waals surface area contributed by atoms with Gasteiger partial charge in [0.05, 0.1) is 0 Å². The smallest absolute Gasteiger partial charge is 0.222 e. The maximum absolute atomic E-state index is 12.6. The van der Waals surface area contributed by atoms with Crippen LogP contribution in [0.25, 0.3) is 0 Å². The minimum absolute atomic E-state index is 0.269. The first-order chi connectivity index (χ1) is 11.5. The zero-order valence-electron chi connectivity index (χ0n) is 15.4. The van der Waals surface area contributed by atoms with Crippen LogP contribution in [0.15, 0.2) is 0 Å². The molecular weight excluding hydrogens is 302 g/mol. The third-order valence-corrected chi connectivity index (χ3v) is 6.53.